The van der Waals surface area contributed by atoms with E-state index in [0.29, 0.717) is 29.8 Å². The normalized spacial score (nSPS) is 13.3. The van der Waals surface area contributed by atoms with Gasteiger partial charge < -0.3 is 10.6 Å². The Bertz CT molecular complexity index is 1090. The monoisotopic (exact) mass is 413 g/mol. The van der Waals surface area contributed by atoms with Crippen LogP contribution in [0.15, 0.2) is 78.9 Å². The van der Waals surface area contributed by atoms with Crippen LogP contribution in [0.1, 0.15) is 33.6 Å². The molecule has 4 rings (SSSR count). The highest BCUT2D eigenvalue weighted by Crippen LogP contribution is 2.23. The molecular formula is C25H23N3O3. The maximum Gasteiger partial charge on any atom is 0.259 e. The van der Waals surface area contributed by atoms with Gasteiger partial charge in [0.25, 0.3) is 5.91 Å². The summed E-state index contributed by atoms with van der Waals surface area (Å²) in [5.74, 6) is -0.715. The molecule has 0 bridgehead atoms. The summed E-state index contributed by atoms with van der Waals surface area (Å²) >= 11 is 0. The van der Waals surface area contributed by atoms with Crippen LogP contribution in [0.4, 0.5) is 5.69 Å². The van der Waals surface area contributed by atoms with Crippen molar-refractivity contribution in [2.75, 3.05) is 18.1 Å². The summed E-state index contributed by atoms with van der Waals surface area (Å²) in [6, 6.07) is 23.9. The Labute approximate surface area is 180 Å². The highest BCUT2D eigenvalue weighted by molar-refractivity contribution is 6.06. The van der Waals surface area contributed by atoms with Crippen molar-refractivity contribution in [3.63, 3.8) is 0 Å². The highest BCUT2D eigenvalue weighted by Gasteiger charge is 2.26. The summed E-state index contributed by atoms with van der Waals surface area (Å²) in [6.45, 7) is 0.781. The summed E-state index contributed by atoms with van der Waals surface area (Å²) in [5, 5.41) is 0. The molecule has 0 aromatic heterocycles. The maximum absolute atomic E-state index is 13.4. The first-order chi connectivity index (χ1) is 15.0. The van der Waals surface area contributed by atoms with Crippen LogP contribution in [-0.4, -0.2) is 35.8 Å². The molecule has 0 radical (unpaired) electrons. The number of rotatable bonds is 6. The molecule has 1 aliphatic heterocycles. The first-order valence-corrected chi connectivity index (χ1v) is 10.2. The average Bonchev–Trinajstić information content (AvgIpc) is 3.22. The fourth-order valence-corrected chi connectivity index (χ4v) is 3.68. The second kappa shape index (κ2) is 8.83. The zero-order chi connectivity index (χ0) is 21.8. The molecular weight excluding hydrogens is 390 g/mol. The fourth-order valence-electron chi connectivity index (χ4n) is 3.68. The van der Waals surface area contributed by atoms with E-state index in [1.165, 1.54) is 0 Å². The third-order valence-corrected chi connectivity index (χ3v) is 5.43. The second-order valence-corrected chi connectivity index (χ2v) is 7.49. The van der Waals surface area contributed by atoms with Crippen molar-refractivity contribution in [1.82, 2.24) is 4.90 Å². The smallest absolute Gasteiger partial charge is 0.259 e. The van der Waals surface area contributed by atoms with Crippen molar-refractivity contribution in [2.24, 2.45) is 5.73 Å². The predicted octanol–water partition coefficient (Wildman–Crippen LogP) is 3.68. The Balaban J connectivity index is 1.62. The number of carbonyl (C=O) groups excluding carboxylic acids is 3. The van der Waals surface area contributed by atoms with Gasteiger partial charge in [0.1, 0.15) is 6.67 Å². The van der Waals surface area contributed by atoms with Crippen LogP contribution in [0.25, 0.3) is 11.1 Å². The number of nitrogens with two attached hydrogens (primary N) is 1. The molecule has 31 heavy (non-hydrogen) atoms. The van der Waals surface area contributed by atoms with Gasteiger partial charge in [-0.15, -0.1) is 0 Å². The van der Waals surface area contributed by atoms with Crippen molar-refractivity contribution >= 4 is 23.4 Å². The first-order valence-electron chi connectivity index (χ1n) is 10.2. The summed E-state index contributed by atoms with van der Waals surface area (Å²) < 4.78 is 0. The molecule has 156 valence electrons. The maximum atomic E-state index is 13.4. The van der Waals surface area contributed by atoms with E-state index in [1.807, 2.05) is 42.5 Å². The minimum Gasteiger partial charge on any atom is -0.366 e. The topological polar surface area (TPSA) is 83.7 Å². The minimum atomic E-state index is -0.532. The molecule has 6 heteroatoms. The van der Waals surface area contributed by atoms with Crippen LogP contribution >= 0.6 is 0 Å². The van der Waals surface area contributed by atoms with Crippen molar-refractivity contribution in [3.8, 4) is 11.1 Å². The van der Waals surface area contributed by atoms with Crippen LogP contribution in [0.2, 0.25) is 0 Å². The van der Waals surface area contributed by atoms with Gasteiger partial charge in [-0.2, -0.15) is 0 Å². The van der Waals surface area contributed by atoms with E-state index in [2.05, 4.69) is 0 Å². The Morgan fingerprint density at radius 3 is 2.03 bits per heavy atom. The molecule has 3 amide bonds. The van der Waals surface area contributed by atoms with E-state index < -0.39 is 5.91 Å². The van der Waals surface area contributed by atoms with E-state index in [-0.39, 0.29) is 18.5 Å². The minimum absolute atomic E-state index is 0.0333. The Hall–Kier alpha value is -3.93. The van der Waals surface area contributed by atoms with Crippen molar-refractivity contribution < 1.29 is 14.4 Å². The Morgan fingerprint density at radius 2 is 1.45 bits per heavy atom. The van der Waals surface area contributed by atoms with Crippen LogP contribution < -0.4 is 10.6 Å². The number of nitrogens with zero attached hydrogens (tertiary/aromatic N) is 2. The molecule has 0 saturated carbocycles. The molecule has 0 atom stereocenters. The van der Waals surface area contributed by atoms with Gasteiger partial charge in [-0.25, -0.2) is 0 Å². The van der Waals surface area contributed by atoms with Gasteiger partial charge in [-0.05, 0) is 53.9 Å². The summed E-state index contributed by atoms with van der Waals surface area (Å²) in [7, 11) is 0. The molecule has 1 fully saturated rings. The second-order valence-electron chi connectivity index (χ2n) is 7.49. The SMILES string of the molecule is NC(=O)c1ccc(N(CN2CCCC2=O)C(=O)c2ccc(-c3ccccc3)cc2)cc1. The standard InChI is InChI=1S/C25H23N3O3/c26-24(30)20-12-14-22(15-13-20)28(17-27-16-4-7-23(27)29)25(31)21-10-8-19(9-11-21)18-5-2-1-3-6-18/h1-3,5-6,8-15H,4,7,16-17H2,(H2,26,30). The molecule has 1 aliphatic rings. The molecule has 1 heterocycles. The fraction of sp³-hybridized carbons (Fsp3) is 0.160. The van der Waals surface area contributed by atoms with E-state index in [1.54, 1.807) is 46.2 Å². The first kappa shape index (κ1) is 20.3. The lowest BCUT2D eigenvalue weighted by Gasteiger charge is -2.28. The van der Waals surface area contributed by atoms with Gasteiger partial charge in [0.2, 0.25) is 11.8 Å². The van der Waals surface area contributed by atoms with E-state index in [9.17, 15) is 14.4 Å². The average molecular weight is 413 g/mol. The van der Waals surface area contributed by atoms with E-state index in [0.717, 1.165) is 17.5 Å². The number of likely N-dealkylation sites (tertiary alicyclic amines) is 1. The molecule has 3 aromatic carbocycles. The Kier molecular flexibility index (Phi) is 5.80. The van der Waals surface area contributed by atoms with Gasteiger partial charge in [-0.1, -0.05) is 42.5 Å². The number of carbonyl (C=O) groups is 3. The number of anilines is 1. The quantitative estimate of drug-likeness (QED) is 0.669. The Morgan fingerprint density at radius 1 is 0.839 bits per heavy atom. The number of amides is 3. The van der Waals surface area contributed by atoms with E-state index >= 15 is 0 Å². The van der Waals surface area contributed by atoms with Crippen LogP contribution in [0, 0.1) is 0 Å². The third kappa shape index (κ3) is 4.48. The van der Waals surface area contributed by atoms with Gasteiger partial charge in [0.05, 0.1) is 0 Å². The van der Waals surface area contributed by atoms with Gasteiger partial charge in [-0.3, -0.25) is 19.3 Å². The number of primary amides is 1. The number of benzene rings is 3. The third-order valence-electron chi connectivity index (χ3n) is 5.43. The van der Waals surface area contributed by atoms with Crippen molar-refractivity contribution in [2.45, 2.75) is 12.8 Å². The van der Waals surface area contributed by atoms with Gasteiger partial charge in [0.15, 0.2) is 0 Å². The van der Waals surface area contributed by atoms with Crippen molar-refractivity contribution in [1.29, 1.82) is 0 Å². The van der Waals surface area contributed by atoms with E-state index in [4.69, 9.17) is 5.73 Å². The zero-order valence-electron chi connectivity index (χ0n) is 17.0. The lowest BCUT2D eigenvalue weighted by atomic mass is 10.0. The number of hydrogen-bond donors (Lipinski definition) is 1. The molecule has 2 N–H and O–H groups in total. The molecule has 0 aliphatic carbocycles. The molecule has 0 spiro atoms. The lowest BCUT2D eigenvalue weighted by Crippen LogP contribution is -2.42. The number of hydrogen-bond acceptors (Lipinski definition) is 3. The summed E-state index contributed by atoms with van der Waals surface area (Å²) in [6.07, 6.45) is 1.28. The summed E-state index contributed by atoms with van der Waals surface area (Å²) in [5.41, 5.74) is 8.90. The zero-order valence-corrected chi connectivity index (χ0v) is 17.0. The van der Waals surface area contributed by atoms with Crippen LogP contribution in [-0.2, 0) is 4.79 Å². The largest absolute Gasteiger partial charge is 0.366 e. The van der Waals surface area contributed by atoms with Gasteiger partial charge in [0, 0.05) is 29.8 Å². The van der Waals surface area contributed by atoms with Crippen molar-refractivity contribution in [3.05, 3.63) is 90.0 Å². The van der Waals surface area contributed by atoms with Crippen LogP contribution in [0.5, 0.6) is 0 Å². The molecule has 1 saturated heterocycles. The highest BCUT2D eigenvalue weighted by atomic mass is 16.2. The lowest BCUT2D eigenvalue weighted by molar-refractivity contribution is -0.127. The van der Waals surface area contributed by atoms with Gasteiger partial charge >= 0.3 is 0 Å². The molecule has 0 unspecified atom stereocenters. The van der Waals surface area contributed by atoms with Crippen LogP contribution in [0.3, 0.4) is 0 Å². The molecule has 3 aromatic rings. The molecule has 6 nitrogen and oxygen atoms in total. The predicted molar refractivity (Wildman–Crippen MR) is 119 cm³/mol. The summed E-state index contributed by atoms with van der Waals surface area (Å²) in [4.78, 5) is 40.2.